The molecule has 0 unspecified atom stereocenters. The van der Waals surface area contributed by atoms with Crippen LogP contribution in [0.2, 0.25) is 5.02 Å². The molecule has 5 nitrogen and oxygen atoms in total. The largest absolute Gasteiger partial charge is 0.301 e. The molecule has 3 rings (SSSR count). The minimum Gasteiger partial charge on any atom is -0.301 e. The van der Waals surface area contributed by atoms with Crippen molar-refractivity contribution in [3.8, 4) is 0 Å². The van der Waals surface area contributed by atoms with Crippen molar-refractivity contribution in [3.05, 3.63) is 58.0 Å². The van der Waals surface area contributed by atoms with Gasteiger partial charge in [0.1, 0.15) is 0 Å². The Bertz CT molecular complexity index is 868. The van der Waals surface area contributed by atoms with Crippen LogP contribution in [0, 0.1) is 5.92 Å². The summed E-state index contributed by atoms with van der Waals surface area (Å²) in [6.45, 7) is 0. The number of carbonyl (C=O) groups excluding carboxylic acids is 2. The van der Waals surface area contributed by atoms with Crippen molar-refractivity contribution in [1.29, 1.82) is 0 Å². The van der Waals surface area contributed by atoms with Gasteiger partial charge in [0, 0.05) is 15.7 Å². The van der Waals surface area contributed by atoms with E-state index in [-0.39, 0.29) is 5.11 Å². The highest BCUT2D eigenvalue weighted by Gasteiger charge is 2.38. The van der Waals surface area contributed by atoms with Gasteiger partial charge in [-0.1, -0.05) is 27.5 Å². The highest BCUT2D eigenvalue weighted by molar-refractivity contribution is 9.10. The molecule has 25 heavy (non-hydrogen) atoms. The molecule has 1 N–H and O–H groups in total. The molecular weight excluding hydrogens is 426 g/mol. The summed E-state index contributed by atoms with van der Waals surface area (Å²) in [7, 11) is 0. The van der Waals surface area contributed by atoms with Crippen molar-refractivity contribution in [2.75, 3.05) is 4.90 Å². The van der Waals surface area contributed by atoms with Crippen LogP contribution in [0.5, 0.6) is 0 Å². The molecule has 2 aromatic carbocycles. The Morgan fingerprint density at radius 2 is 1.76 bits per heavy atom. The Hall–Kier alpha value is -2.09. The fraction of sp³-hybridized carbons (Fsp3) is 0.0588. The van der Waals surface area contributed by atoms with E-state index in [1.165, 1.54) is 11.1 Å². The molecule has 126 valence electrons. The minimum absolute atomic E-state index is 0.0330. The molecule has 1 fully saturated rings. The second kappa shape index (κ2) is 7.43. The molecule has 0 bridgehead atoms. The maximum absolute atomic E-state index is 12.8. The van der Waals surface area contributed by atoms with Gasteiger partial charge in [0.15, 0.2) is 11.0 Å². The molecule has 0 radical (unpaired) electrons. The zero-order valence-electron chi connectivity index (χ0n) is 12.6. The van der Waals surface area contributed by atoms with Gasteiger partial charge >= 0.3 is 0 Å². The molecular formula is C17H11BrClN3O2S. The number of hydrogen-bond donors (Lipinski definition) is 1. The Balaban J connectivity index is 1.87. The van der Waals surface area contributed by atoms with Gasteiger partial charge in [-0.15, -0.1) is 0 Å². The number of benzene rings is 2. The lowest BCUT2D eigenvalue weighted by molar-refractivity contribution is -0.130. The van der Waals surface area contributed by atoms with E-state index in [0.717, 1.165) is 4.47 Å². The lowest BCUT2D eigenvalue weighted by Crippen LogP contribution is -2.58. The lowest BCUT2D eigenvalue weighted by Gasteiger charge is -2.30. The Kier molecular flexibility index (Phi) is 5.27. The van der Waals surface area contributed by atoms with E-state index in [0.29, 0.717) is 16.4 Å². The number of amides is 2. The number of rotatable bonds is 3. The van der Waals surface area contributed by atoms with Crippen LogP contribution >= 0.6 is 39.7 Å². The molecule has 1 atom stereocenters. The second-order valence-electron chi connectivity index (χ2n) is 5.18. The number of hydrogen-bond acceptors (Lipinski definition) is 4. The summed E-state index contributed by atoms with van der Waals surface area (Å²) in [6, 6.07) is 13.8. The Morgan fingerprint density at radius 1 is 1.12 bits per heavy atom. The monoisotopic (exact) mass is 435 g/mol. The molecule has 1 saturated heterocycles. The van der Waals surface area contributed by atoms with Crippen molar-refractivity contribution in [1.82, 2.24) is 5.32 Å². The van der Waals surface area contributed by atoms with Gasteiger partial charge in [-0.3, -0.25) is 19.5 Å². The summed E-state index contributed by atoms with van der Waals surface area (Å²) in [5.41, 5.74) is 1.16. The topological polar surface area (TPSA) is 61.8 Å². The molecule has 1 aliphatic rings. The van der Waals surface area contributed by atoms with Gasteiger partial charge in [0.2, 0.25) is 5.91 Å². The van der Waals surface area contributed by atoms with Crippen LogP contribution in [-0.2, 0) is 9.59 Å². The SMILES string of the molecule is O=C1NC(=S)N(c2ccc(Cl)cc2)C(=O)[C@H]1C=Nc1ccc(Br)cc1. The van der Waals surface area contributed by atoms with Crippen LogP contribution < -0.4 is 10.2 Å². The molecule has 0 spiro atoms. The van der Waals surface area contributed by atoms with E-state index >= 15 is 0 Å². The Labute approximate surface area is 162 Å². The second-order valence-corrected chi connectivity index (χ2v) is 6.92. The van der Waals surface area contributed by atoms with Crippen LogP contribution in [-0.4, -0.2) is 23.1 Å². The number of nitrogens with one attached hydrogen (secondary N) is 1. The van der Waals surface area contributed by atoms with Crippen LogP contribution in [0.25, 0.3) is 0 Å². The molecule has 0 aromatic heterocycles. The van der Waals surface area contributed by atoms with Crippen molar-refractivity contribution >= 4 is 74.3 Å². The molecule has 0 aliphatic carbocycles. The predicted molar refractivity (Wildman–Crippen MR) is 105 cm³/mol. The van der Waals surface area contributed by atoms with Gasteiger partial charge in [-0.2, -0.15) is 0 Å². The standard InChI is InChI=1S/C17H11BrClN3O2S/c18-10-1-5-12(6-2-10)20-9-14-15(23)21-17(25)22(16(14)24)13-7-3-11(19)4-8-13/h1-9,14H,(H,21,23,25)/t14-/m0/s1. The van der Waals surface area contributed by atoms with E-state index in [2.05, 4.69) is 26.2 Å². The average molecular weight is 437 g/mol. The molecule has 2 amide bonds. The number of anilines is 1. The first-order chi connectivity index (χ1) is 12.0. The number of halogens is 2. The summed E-state index contributed by atoms with van der Waals surface area (Å²) in [5, 5.41) is 3.11. The van der Waals surface area contributed by atoms with Gasteiger partial charge < -0.3 is 5.32 Å². The van der Waals surface area contributed by atoms with E-state index in [9.17, 15) is 9.59 Å². The third kappa shape index (κ3) is 3.95. The zero-order chi connectivity index (χ0) is 18.0. The van der Waals surface area contributed by atoms with Gasteiger partial charge in [0.05, 0.1) is 11.4 Å². The lowest BCUT2D eigenvalue weighted by atomic mass is 10.1. The third-order valence-corrected chi connectivity index (χ3v) is 4.55. The first-order valence-corrected chi connectivity index (χ1v) is 8.78. The Morgan fingerprint density at radius 3 is 2.40 bits per heavy atom. The summed E-state index contributed by atoms with van der Waals surface area (Å²) < 4.78 is 0.914. The van der Waals surface area contributed by atoms with Gasteiger partial charge in [0.25, 0.3) is 5.91 Å². The van der Waals surface area contributed by atoms with Crippen molar-refractivity contribution in [2.45, 2.75) is 0 Å². The van der Waals surface area contributed by atoms with Gasteiger partial charge in [-0.25, -0.2) is 0 Å². The maximum atomic E-state index is 12.8. The number of thiocarbonyl (C=S) groups is 1. The molecule has 8 heteroatoms. The van der Waals surface area contributed by atoms with Crippen LogP contribution in [0.3, 0.4) is 0 Å². The first-order valence-electron chi connectivity index (χ1n) is 7.20. The highest BCUT2D eigenvalue weighted by atomic mass is 79.9. The normalized spacial score (nSPS) is 17.9. The van der Waals surface area contributed by atoms with Gasteiger partial charge in [-0.05, 0) is 60.7 Å². The number of carbonyl (C=O) groups is 2. The maximum Gasteiger partial charge on any atom is 0.251 e. The highest BCUT2D eigenvalue weighted by Crippen LogP contribution is 2.23. The first kappa shape index (κ1) is 17.7. The minimum atomic E-state index is -1.06. The van der Waals surface area contributed by atoms with Crippen molar-refractivity contribution < 1.29 is 9.59 Å². The smallest absolute Gasteiger partial charge is 0.251 e. The molecule has 1 heterocycles. The third-order valence-electron chi connectivity index (χ3n) is 3.49. The fourth-order valence-corrected chi connectivity index (χ4v) is 2.93. The van der Waals surface area contributed by atoms with Crippen LogP contribution in [0.1, 0.15) is 0 Å². The van der Waals surface area contributed by atoms with E-state index in [1.54, 1.807) is 36.4 Å². The summed E-state index contributed by atoms with van der Waals surface area (Å²) in [6.07, 6.45) is 1.32. The quantitative estimate of drug-likeness (QED) is 0.451. The zero-order valence-corrected chi connectivity index (χ0v) is 15.8. The summed E-state index contributed by atoms with van der Waals surface area (Å²) in [5.74, 6) is -2.02. The molecule has 1 aliphatic heterocycles. The summed E-state index contributed by atoms with van der Waals surface area (Å²) in [4.78, 5) is 30.4. The predicted octanol–water partition coefficient (Wildman–Crippen LogP) is 3.87. The van der Waals surface area contributed by atoms with Crippen LogP contribution in [0.15, 0.2) is 58.0 Å². The van der Waals surface area contributed by atoms with E-state index < -0.39 is 17.7 Å². The summed E-state index contributed by atoms with van der Waals surface area (Å²) >= 11 is 14.3. The number of aliphatic imine (C=N–C) groups is 1. The molecule has 0 saturated carbocycles. The average Bonchev–Trinajstić information content (AvgIpc) is 2.57. The molecule has 2 aromatic rings. The van der Waals surface area contributed by atoms with E-state index in [4.69, 9.17) is 23.8 Å². The number of nitrogens with zero attached hydrogens (tertiary/aromatic N) is 2. The van der Waals surface area contributed by atoms with Crippen molar-refractivity contribution in [2.24, 2.45) is 10.9 Å². The fourth-order valence-electron chi connectivity index (χ4n) is 2.24. The van der Waals surface area contributed by atoms with Crippen molar-refractivity contribution in [3.63, 3.8) is 0 Å². The van der Waals surface area contributed by atoms with Crippen LogP contribution in [0.4, 0.5) is 11.4 Å². The van der Waals surface area contributed by atoms with E-state index in [1.807, 2.05) is 12.1 Å².